The molecule has 0 N–H and O–H groups in total. The van der Waals surface area contributed by atoms with Gasteiger partial charge in [-0.15, -0.1) is 11.3 Å². The van der Waals surface area contributed by atoms with Crippen LogP contribution >= 0.6 is 11.3 Å². The molecule has 0 radical (unpaired) electrons. The number of rotatable bonds is 4. The van der Waals surface area contributed by atoms with Crippen molar-refractivity contribution in [2.75, 3.05) is 0 Å². The summed E-state index contributed by atoms with van der Waals surface area (Å²) in [4.78, 5) is 12.7. The third kappa shape index (κ3) is 3.92. The second kappa shape index (κ2) is 5.57. The Hall–Kier alpha value is -1.62. The number of carbonyl (C=O) groups excluding carboxylic acids is 1. The lowest BCUT2D eigenvalue weighted by Gasteiger charge is -2.08. The Kier molecular flexibility index (Phi) is 4.04. The molecule has 2 rings (SSSR count). The van der Waals surface area contributed by atoms with Crippen molar-refractivity contribution in [1.29, 1.82) is 0 Å². The maximum atomic E-state index is 12.5. The highest BCUT2D eigenvalue weighted by molar-refractivity contribution is 7.10. The molecule has 0 saturated heterocycles. The van der Waals surface area contributed by atoms with Crippen molar-refractivity contribution in [2.24, 2.45) is 0 Å². The van der Waals surface area contributed by atoms with Crippen molar-refractivity contribution >= 4 is 17.1 Å². The monoisotopic (exact) mass is 284 g/mol. The van der Waals surface area contributed by atoms with Gasteiger partial charge in [0, 0.05) is 17.7 Å². The highest BCUT2D eigenvalue weighted by Gasteiger charge is 2.30. The van der Waals surface area contributed by atoms with Crippen molar-refractivity contribution < 1.29 is 18.0 Å². The number of hydrogen-bond acceptors (Lipinski definition) is 2. The molecule has 0 fully saturated rings. The number of benzene rings is 1. The molecule has 1 aromatic heterocycles. The fourth-order valence-electron chi connectivity index (χ4n) is 1.76. The first kappa shape index (κ1) is 13.8. The highest BCUT2D eigenvalue weighted by atomic mass is 32.1. The molecule has 5 heteroatoms. The summed E-state index contributed by atoms with van der Waals surface area (Å²) in [6.07, 6.45) is -4.07. The van der Waals surface area contributed by atoms with E-state index >= 15 is 0 Å². The summed E-state index contributed by atoms with van der Waals surface area (Å²) in [7, 11) is 0. The first-order chi connectivity index (χ1) is 8.95. The zero-order valence-electron chi connectivity index (χ0n) is 9.91. The molecule has 1 aromatic carbocycles. The summed E-state index contributed by atoms with van der Waals surface area (Å²) >= 11 is 1.47. The Morgan fingerprint density at radius 2 is 1.89 bits per heavy atom. The molecular formula is C14H11F3OS. The van der Waals surface area contributed by atoms with Gasteiger partial charge in [0.25, 0.3) is 0 Å². The van der Waals surface area contributed by atoms with Crippen LogP contribution in [0.4, 0.5) is 13.2 Å². The highest BCUT2D eigenvalue weighted by Crippen LogP contribution is 2.29. The third-order valence-corrected chi connectivity index (χ3v) is 3.48. The lowest BCUT2D eigenvalue weighted by atomic mass is 10.0. The van der Waals surface area contributed by atoms with Crippen molar-refractivity contribution in [1.82, 2.24) is 0 Å². The van der Waals surface area contributed by atoms with E-state index in [1.807, 2.05) is 17.5 Å². The van der Waals surface area contributed by atoms with E-state index < -0.39 is 11.7 Å². The van der Waals surface area contributed by atoms with Gasteiger partial charge in [-0.2, -0.15) is 13.2 Å². The largest absolute Gasteiger partial charge is 0.416 e. The molecule has 0 unspecified atom stereocenters. The van der Waals surface area contributed by atoms with Crippen molar-refractivity contribution in [3.63, 3.8) is 0 Å². The molecule has 2 aromatic rings. The number of carbonyl (C=O) groups is 1. The molecule has 19 heavy (non-hydrogen) atoms. The van der Waals surface area contributed by atoms with Crippen LogP contribution in [0.3, 0.4) is 0 Å². The maximum Gasteiger partial charge on any atom is 0.416 e. The SMILES string of the molecule is O=C(Cc1cccc(C(F)(F)F)c1)Cc1cccs1. The van der Waals surface area contributed by atoms with E-state index in [-0.39, 0.29) is 18.6 Å². The van der Waals surface area contributed by atoms with Gasteiger partial charge in [-0.3, -0.25) is 4.79 Å². The Bertz CT molecular complexity index is 558. The van der Waals surface area contributed by atoms with E-state index in [1.165, 1.54) is 17.4 Å². The van der Waals surface area contributed by atoms with Gasteiger partial charge < -0.3 is 0 Å². The summed E-state index contributed by atoms with van der Waals surface area (Å²) in [6.45, 7) is 0. The van der Waals surface area contributed by atoms with Crippen LogP contribution in [0, 0.1) is 0 Å². The molecule has 0 atom stereocenters. The fraction of sp³-hybridized carbons (Fsp3) is 0.214. The second-order valence-electron chi connectivity index (χ2n) is 4.17. The third-order valence-electron chi connectivity index (χ3n) is 2.61. The van der Waals surface area contributed by atoms with Gasteiger partial charge >= 0.3 is 6.18 Å². The van der Waals surface area contributed by atoms with E-state index in [1.54, 1.807) is 6.07 Å². The van der Waals surface area contributed by atoms with Gasteiger partial charge in [0.1, 0.15) is 5.78 Å². The lowest BCUT2D eigenvalue weighted by molar-refractivity contribution is -0.137. The first-order valence-corrected chi connectivity index (χ1v) is 6.53. The Labute approximate surface area is 112 Å². The van der Waals surface area contributed by atoms with Crippen molar-refractivity contribution in [3.05, 3.63) is 57.8 Å². The van der Waals surface area contributed by atoms with E-state index in [4.69, 9.17) is 0 Å². The molecule has 0 saturated carbocycles. The number of thiophene rings is 1. The molecule has 1 nitrogen and oxygen atoms in total. The maximum absolute atomic E-state index is 12.5. The predicted octanol–water partition coefficient (Wildman–Crippen LogP) is 4.12. The van der Waals surface area contributed by atoms with Crippen LogP contribution in [-0.2, 0) is 23.8 Å². The van der Waals surface area contributed by atoms with Crippen LogP contribution in [0.5, 0.6) is 0 Å². The van der Waals surface area contributed by atoms with Gasteiger partial charge in [-0.05, 0) is 23.1 Å². The minimum absolute atomic E-state index is 0.0296. The first-order valence-electron chi connectivity index (χ1n) is 5.65. The number of alkyl halides is 3. The van der Waals surface area contributed by atoms with Crippen LogP contribution in [0.25, 0.3) is 0 Å². The molecule has 0 spiro atoms. The number of halogens is 3. The molecule has 0 aliphatic heterocycles. The second-order valence-corrected chi connectivity index (χ2v) is 5.20. The topological polar surface area (TPSA) is 17.1 Å². The fourth-order valence-corrected chi connectivity index (χ4v) is 2.49. The summed E-state index contributed by atoms with van der Waals surface area (Å²) in [5.74, 6) is -0.0817. The smallest absolute Gasteiger partial charge is 0.299 e. The number of ketones is 1. The normalized spacial score (nSPS) is 11.5. The summed E-state index contributed by atoms with van der Waals surface area (Å²) in [6, 6.07) is 8.60. The van der Waals surface area contributed by atoms with Crippen LogP contribution in [0.2, 0.25) is 0 Å². The van der Waals surface area contributed by atoms with E-state index in [2.05, 4.69) is 0 Å². The average Bonchev–Trinajstić information content (AvgIpc) is 2.80. The summed E-state index contributed by atoms with van der Waals surface area (Å²) in [5, 5.41) is 1.87. The molecule has 0 bridgehead atoms. The van der Waals surface area contributed by atoms with Gasteiger partial charge in [0.05, 0.1) is 5.56 Å². The predicted molar refractivity (Wildman–Crippen MR) is 68.2 cm³/mol. The Morgan fingerprint density at radius 3 is 2.53 bits per heavy atom. The summed E-state index contributed by atoms with van der Waals surface area (Å²) in [5.41, 5.74) is -0.315. The average molecular weight is 284 g/mol. The van der Waals surface area contributed by atoms with Crippen molar-refractivity contribution in [3.8, 4) is 0 Å². The van der Waals surface area contributed by atoms with Gasteiger partial charge in [-0.1, -0.05) is 24.3 Å². The zero-order chi connectivity index (χ0) is 13.9. The lowest BCUT2D eigenvalue weighted by Crippen LogP contribution is -2.08. The standard InChI is InChI=1S/C14H11F3OS/c15-14(16,17)11-4-1-3-10(7-11)8-12(18)9-13-5-2-6-19-13/h1-7H,8-9H2. The summed E-state index contributed by atoms with van der Waals surface area (Å²) < 4.78 is 37.6. The molecule has 0 aliphatic rings. The minimum atomic E-state index is -4.37. The van der Waals surface area contributed by atoms with Crippen LogP contribution in [0.15, 0.2) is 41.8 Å². The Morgan fingerprint density at radius 1 is 1.11 bits per heavy atom. The van der Waals surface area contributed by atoms with Crippen LogP contribution in [0.1, 0.15) is 16.0 Å². The Balaban J connectivity index is 2.05. The molecular weight excluding hydrogens is 273 g/mol. The van der Waals surface area contributed by atoms with Gasteiger partial charge in [0.15, 0.2) is 0 Å². The van der Waals surface area contributed by atoms with Crippen molar-refractivity contribution in [2.45, 2.75) is 19.0 Å². The van der Waals surface area contributed by atoms with E-state index in [0.717, 1.165) is 17.0 Å². The van der Waals surface area contributed by atoms with Gasteiger partial charge in [0.2, 0.25) is 0 Å². The molecule has 0 aliphatic carbocycles. The minimum Gasteiger partial charge on any atom is -0.299 e. The van der Waals surface area contributed by atoms with Crippen LogP contribution in [-0.4, -0.2) is 5.78 Å². The quantitative estimate of drug-likeness (QED) is 0.825. The van der Waals surface area contributed by atoms with E-state index in [0.29, 0.717) is 5.56 Å². The molecule has 0 amide bonds. The van der Waals surface area contributed by atoms with E-state index in [9.17, 15) is 18.0 Å². The van der Waals surface area contributed by atoms with Gasteiger partial charge in [-0.25, -0.2) is 0 Å². The molecule has 1 heterocycles. The number of Topliss-reactive ketones (excluding diaryl/α,β-unsaturated/α-hetero) is 1. The molecule has 100 valence electrons. The van der Waals surface area contributed by atoms with Crippen LogP contribution < -0.4 is 0 Å². The zero-order valence-corrected chi connectivity index (χ0v) is 10.7. The number of hydrogen-bond donors (Lipinski definition) is 0.